The van der Waals surface area contributed by atoms with E-state index in [-0.39, 0.29) is 0 Å². The Balaban J connectivity index is 2.57. The average Bonchev–Trinajstić information content (AvgIpc) is 1.90. The third kappa shape index (κ3) is 1.70. The number of allylic oxidation sites excluding steroid dienone is 4. The molecule has 1 aliphatic rings. The molecule has 0 nitrogen and oxygen atoms in total. The van der Waals surface area contributed by atoms with Gasteiger partial charge in [-0.3, -0.25) is 0 Å². The Morgan fingerprint density at radius 2 is 2.22 bits per heavy atom. The largest absolute Gasteiger partial charge is 0.0842 e. The van der Waals surface area contributed by atoms with E-state index in [0.29, 0.717) is 0 Å². The maximum atomic E-state index is 2.25. The Morgan fingerprint density at radius 1 is 1.44 bits per heavy atom. The lowest BCUT2D eigenvalue weighted by Gasteiger charge is -2.11. The van der Waals surface area contributed by atoms with Gasteiger partial charge < -0.3 is 0 Å². The molecule has 9 heavy (non-hydrogen) atoms. The molecule has 0 fully saturated rings. The third-order valence-corrected chi connectivity index (χ3v) is 1.79. The van der Waals surface area contributed by atoms with E-state index in [0.717, 1.165) is 5.92 Å². The predicted molar refractivity (Wildman–Crippen MR) is 41.3 cm³/mol. The van der Waals surface area contributed by atoms with Crippen LogP contribution in [-0.4, -0.2) is 0 Å². The maximum Gasteiger partial charge on any atom is -0.0257 e. The molecule has 50 valence electrons. The van der Waals surface area contributed by atoms with Crippen LogP contribution in [0.25, 0.3) is 0 Å². The lowest BCUT2D eigenvalue weighted by Crippen LogP contribution is -1.95. The zero-order valence-electron chi connectivity index (χ0n) is 6.22. The zero-order valence-corrected chi connectivity index (χ0v) is 6.22. The minimum Gasteiger partial charge on any atom is -0.0842 e. The van der Waals surface area contributed by atoms with Gasteiger partial charge in [0.15, 0.2) is 0 Å². The number of hydrogen-bond acceptors (Lipinski definition) is 0. The topological polar surface area (TPSA) is 0 Å². The van der Waals surface area contributed by atoms with E-state index >= 15 is 0 Å². The molecule has 0 saturated carbocycles. The predicted octanol–water partition coefficient (Wildman–Crippen LogP) is 2.92. The molecule has 0 radical (unpaired) electrons. The van der Waals surface area contributed by atoms with Crippen molar-refractivity contribution in [1.29, 1.82) is 0 Å². The molecule has 0 heterocycles. The van der Waals surface area contributed by atoms with Crippen LogP contribution in [0, 0.1) is 5.92 Å². The monoisotopic (exact) mass is 122 g/mol. The highest BCUT2D eigenvalue weighted by Gasteiger charge is 2.02. The molecule has 0 bridgehead atoms. The van der Waals surface area contributed by atoms with Gasteiger partial charge in [-0.05, 0) is 18.8 Å². The van der Waals surface area contributed by atoms with Crippen LogP contribution in [0.4, 0.5) is 0 Å². The summed E-state index contributed by atoms with van der Waals surface area (Å²) >= 11 is 0. The molecular weight excluding hydrogens is 108 g/mol. The highest BCUT2D eigenvalue weighted by molar-refractivity contribution is 5.18. The molecule has 1 rings (SSSR count). The van der Waals surface area contributed by atoms with Gasteiger partial charge in [0.1, 0.15) is 0 Å². The fraction of sp³-hybridized carbons (Fsp3) is 0.556. The minimum absolute atomic E-state index is 0.745. The van der Waals surface area contributed by atoms with Gasteiger partial charge in [-0.1, -0.05) is 37.6 Å². The first-order valence-electron chi connectivity index (χ1n) is 3.66. The van der Waals surface area contributed by atoms with Gasteiger partial charge in [-0.2, -0.15) is 0 Å². The molecule has 0 aromatic rings. The lowest BCUT2D eigenvalue weighted by molar-refractivity contribution is 0.709. The van der Waals surface area contributed by atoms with E-state index in [2.05, 4.69) is 32.1 Å². The molecule has 0 heteroatoms. The molecule has 0 unspecified atom stereocenters. The normalized spacial score (nSPS) is 18.3. The van der Waals surface area contributed by atoms with E-state index < -0.39 is 0 Å². The van der Waals surface area contributed by atoms with Gasteiger partial charge in [0, 0.05) is 0 Å². The quantitative estimate of drug-likeness (QED) is 0.501. The lowest BCUT2D eigenvalue weighted by atomic mass is 9.95. The molecule has 0 atom stereocenters. The van der Waals surface area contributed by atoms with Gasteiger partial charge in [0.05, 0.1) is 0 Å². The second kappa shape index (κ2) is 2.86. The summed E-state index contributed by atoms with van der Waals surface area (Å²) in [5.41, 5.74) is 1.59. The van der Waals surface area contributed by atoms with Crippen molar-refractivity contribution in [2.24, 2.45) is 5.92 Å². The molecular formula is C9H14. The van der Waals surface area contributed by atoms with Crippen molar-refractivity contribution in [3.63, 3.8) is 0 Å². The van der Waals surface area contributed by atoms with Crippen molar-refractivity contribution in [3.05, 3.63) is 23.8 Å². The van der Waals surface area contributed by atoms with Crippen LogP contribution in [0.2, 0.25) is 0 Å². The van der Waals surface area contributed by atoms with Crippen molar-refractivity contribution in [2.45, 2.75) is 26.7 Å². The smallest absolute Gasteiger partial charge is 0.0257 e. The van der Waals surface area contributed by atoms with Crippen LogP contribution in [0.3, 0.4) is 0 Å². The molecule has 1 aliphatic carbocycles. The maximum absolute atomic E-state index is 2.25. The van der Waals surface area contributed by atoms with E-state index in [9.17, 15) is 0 Å². The van der Waals surface area contributed by atoms with Crippen molar-refractivity contribution >= 4 is 0 Å². The van der Waals surface area contributed by atoms with Crippen LogP contribution in [0.15, 0.2) is 23.8 Å². The van der Waals surface area contributed by atoms with Crippen LogP contribution in [-0.2, 0) is 0 Å². The first-order chi connectivity index (χ1) is 4.30. The van der Waals surface area contributed by atoms with Crippen molar-refractivity contribution in [2.75, 3.05) is 0 Å². The summed E-state index contributed by atoms with van der Waals surface area (Å²) in [4.78, 5) is 0. The van der Waals surface area contributed by atoms with Crippen LogP contribution in [0.5, 0.6) is 0 Å². The molecule has 0 aromatic heterocycles. The standard InChI is InChI=1S/C9H14/c1-8(2)9-6-4-3-5-7-9/h3-4,6,8H,5,7H2,1-2H3. The van der Waals surface area contributed by atoms with Gasteiger partial charge in [-0.15, -0.1) is 0 Å². The fourth-order valence-electron chi connectivity index (χ4n) is 1.10. The van der Waals surface area contributed by atoms with Gasteiger partial charge >= 0.3 is 0 Å². The molecule has 0 spiro atoms. The summed E-state index contributed by atoms with van der Waals surface area (Å²) in [5.74, 6) is 0.745. The van der Waals surface area contributed by atoms with Crippen molar-refractivity contribution < 1.29 is 0 Å². The Kier molecular flexibility index (Phi) is 2.10. The Labute approximate surface area is 57.3 Å². The van der Waals surface area contributed by atoms with Gasteiger partial charge in [0.2, 0.25) is 0 Å². The molecule has 0 aromatic carbocycles. The summed E-state index contributed by atoms with van der Waals surface area (Å²) in [6.07, 6.45) is 9.15. The Morgan fingerprint density at radius 3 is 2.56 bits per heavy atom. The van der Waals surface area contributed by atoms with Crippen LogP contribution >= 0.6 is 0 Å². The van der Waals surface area contributed by atoms with E-state index in [1.165, 1.54) is 12.8 Å². The molecule has 0 saturated heterocycles. The van der Waals surface area contributed by atoms with Gasteiger partial charge in [0.25, 0.3) is 0 Å². The second-order valence-electron chi connectivity index (χ2n) is 2.86. The summed E-state index contributed by atoms with van der Waals surface area (Å²) in [6.45, 7) is 4.51. The number of rotatable bonds is 1. The van der Waals surface area contributed by atoms with Crippen LogP contribution in [0.1, 0.15) is 26.7 Å². The van der Waals surface area contributed by atoms with E-state index in [4.69, 9.17) is 0 Å². The Hall–Kier alpha value is -0.520. The fourth-order valence-corrected chi connectivity index (χ4v) is 1.10. The summed E-state index contributed by atoms with van der Waals surface area (Å²) in [6, 6.07) is 0. The average molecular weight is 122 g/mol. The Bertz CT molecular complexity index is 138. The third-order valence-electron chi connectivity index (χ3n) is 1.79. The first-order valence-corrected chi connectivity index (χ1v) is 3.66. The highest BCUT2D eigenvalue weighted by Crippen LogP contribution is 2.19. The van der Waals surface area contributed by atoms with Crippen LogP contribution < -0.4 is 0 Å². The zero-order chi connectivity index (χ0) is 6.69. The van der Waals surface area contributed by atoms with E-state index in [1.54, 1.807) is 5.57 Å². The van der Waals surface area contributed by atoms with Crippen molar-refractivity contribution in [1.82, 2.24) is 0 Å². The summed E-state index contributed by atoms with van der Waals surface area (Å²) < 4.78 is 0. The summed E-state index contributed by atoms with van der Waals surface area (Å²) in [5, 5.41) is 0. The number of hydrogen-bond donors (Lipinski definition) is 0. The van der Waals surface area contributed by atoms with Crippen molar-refractivity contribution in [3.8, 4) is 0 Å². The first kappa shape index (κ1) is 6.60. The SMILES string of the molecule is CC(C)C1=CC=CCC1. The minimum atomic E-state index is 0.745. The molecule has 0 N–H and O–H groups in total. The second-order valence-corrected chi connectivity index (χ2v) is 2.86. The highest BCUT2D eigenvalue weighted by atomic mass is 14.1. The molecule has 0 aliphatic heterocycles. The summed E-state index contributed by atoms with van der Waals surface area (Å²) in [7, 11) is 0. The molecule has 0 amide bonds. The van der Waals surface area contributed by atoms with Gasteiger partial charge in [-0.25, -0.2) is 0 Å². The van der Waals surface area contributed by atoms with E-state index in [1.807, 2.05) is 0 Å².